The molecule has 0 saturated carbocycles. The second-order valence-electron chi connectivity index (χ2n) is 4.89. The predicted molar refractivity (Wildman–Crippen MR) is 89.1 cm³/mol. The van der Waals surface area contributed by atoms with Gasteiger partial charge in [0, 0.05) is 5.69 Å². The zero-order chi connectivity index (χ0) is 16.2. The van der Waals surface area contributed by atoms with Gasteiger partial charge in [0.05, 0.1) is 16.9 Å². The molecule has 114 valence electrons. The Kier molecular flexibility index (Phi) is 4.31. The number of amides is 1. The van der Waals surface area contributed by atoms with Crippen molar-refractivity contribution in [3.63, 3.8) is 0 Å². The van der Waals surface area contributed by atoms with Crippen molar-refractivity contribution in [2.75, 3.05) is 5.32 Å². The SMILES string of the molecule is CC(Sc1nc2ccccc2o1)C(=O)Nc1ccc(C#N)cc1. The first-order chi connectivity index (χ1) is 11.2. The summed E-state index contributed by atoms with van der Waals surface area (Å²) in [5.74, 6) is -0.151. The van der Waals surface area contributed by atoms with E-state index >= 15 is 0 Å². The summed E-state index contributed by atoms with van der Waals surface area (Å²) in [6, 6.07) is 16.2. The van der Waals surface area contributed by atoms with E-state index in [9.17, 15) is 4.79 Å². The topological polar surface area (TPSA) is 78.9 Å². The van der Waals surface area contributed by atoms with Gasteiger partial charge < -0.3 is 9.73 Å². The first-order valence-electron chi connectivity index (χ1n) is 6.99. The van der Waals surface area contributed by atoms with Gasteiger partial charge in [-0.25, -0.2) is 4.98 Å². The lowest BCUT2D eigenvalue weighted by atomic mass is 10.2. The molecule has 6 heteroatoms. The molecule has 1 heterocycles. The first kappa shape index (κ1) is 15.1. The van der Waals surface area contributed by atoms with Crippen LogP contribution in [0, 0.1) is 11.3 Å². The van der Waals surface area contributed by atoms with Crippen LogP contribution < -0.4 is 5.32 Å². The Balaban J connectivity index is 1.65. The number of carbonyl (C=O) groups is 1. The molecule has 0 aliphatic carbocycles. The highest BCUT2D eigenvalue weighted by molar-refractivity contribution is 8.00. The standard InChI is InChI=1S/C17H13N3O2S/c1-11(16(21)19-13-8-6-12(10-18)7-9-13)23-17-20-14-4-2-3-5-15(14)22-17/h2-9,11H,1H3,(H,19,21). The minimum atomic E-state index is -0.362. The average Bonchev–Trinajstić information content (AvgIpc) is 2.97. The van der Waals surface area contributed by atoms with E-state index in [1.54, 1.807) is 31.2 Å². The zero-order valence-corrected chi connectivity index (χ0v) is 13.1. The smallest absolute Gasteiger partial charge is 0.257 e. The molecule has 0 aliphatic heterocycles. The van der Waals surface area contributed by atoms with E-state index < -0.39 is 0 Å². The third-order valence-corrected chi connectivity index (χ3v) is 4.15. The number of hydrogen-bond donors (Lipinski definition) is 1. The Hall–Kier alpha value is -2.78. The second kappa shape index (κ2) is 6.55. The third kappa shape index (κ3) is 3.52. The van der Waals surface area contributed by atoms with Gasteiger partial charge in [0.15, 0.2) is 5.58 Å². The maximum atomic E-state index is 12.2. The molecule has 1 unspecified atom stereocenters. The molecule has 3 rings (SSSR count). The van der Waals surface area contributed by atoms with E-state index in [0.717, 1.165) is 5.52 Å². The number of hydrogen-bond acceptors (Lipinski definition) is 5. The van der Waals surface area contributed by atoms with E-state index in [4.69, 9.17) is 9.68 Å². The molecule has 1 amide bonds. The van der Waals surface area contributed by atoms with Gasteiger partial charge >= 0.3 is 0 Å². The van der Waals surface area contributed by atoms with Crippen LogP contribution in [0.5, 0.6) is 0 Å². The minimum absolute atomic E-state index is 0.151. The summed E-state index contributed by atoms with van der Waals surface area (Å²) in [5, 5.41) is 11.7. The summed E-state index contributed by atoms with van der Waals surface area (Å²) in [4.78, 5) is 16.6. The molecule has 1 aromatic heterocycles. The van der Waals surface area contributed by atoms with Crippen LogP contribution in [0.3, 0.4) is 0 Å². The number of fused-ring (bicyclic) bond motifs is 1. The maximum absolute atomic E-state index is 12.2. The number of carbonyl (C=O) groups excluding carboxylic acids is 1. The molecule has 0 fully saturated rings. The fraction of sp³-hybridized carbons (Fsp3) is 0.118. The lowest BCUT2D eigenvalue weighted by Crippen LogP contribution is -2.22. The maximum Gasteiger partial charge on any atom is 0.257 e. The lowest BCUT2D eigenvalue weighted by molar-refractivity contribution is -0.115. The Morgan fingerprint density at radius 1 is 1.26 bits per heavy atom. The zero-order valence-electron chi connectivity index (χ0n) is 12.3. The number of para-hydroxylation sites is 2. The molecule has 1 atom stereocenters. The third-order valence-electron chi connectivity index (χ3n) is 3.20. The number of benzene rings is 2. The molecular formula is C17H13N3O2S. The van der Waals surface area contributed by atoms with Crippen molar-refractivity contribution < 1.29 is 9.21 Å². The molecule has 23 heavy (non-hydrogen) atoms. The van der Waals surface area contributed by atoms with Crippen molar-refractivity contribution in [1.82, 2.24) is 4.98 Å². The van der Waals surface area contributed by atoms with Crippen LogP contribution in [-0.4, -0.2) is 16.1 Å². The monoisotopic (exact) mass is 323 g/mol. The number of nitrogens with one attached hydrogen (secondary N) is 1. The van der Waals surface area contributed by atoms with E-state index in [2.05, 4.69) is 10.3 Å². The molecule has 1 N–H and O–H groups in total. The first-order valence-corrected chi connectivity index (χ1v) is 7.87. The Labute approximate surface area is 137 Å². The summed E-state index contributed by atoms with van der Waals surface area (Å²) in [6.45, 7) is 1.79. The van der Waals surface area contributed by atoms with Gasteiger partial charge in [0.2, 0.25) is 5.91 Å². The number of anilines is 1. The van der Waals surface area contributed by atoms with Crippen molar-refractivity contribution in [3.05, 3.63) is 54.1 Å². The minimum Gasteiger partial charge on any atom is -0.431 e. The van der Waals surface area contributed by atoms with Gasteiger partial charge in [-0.3, -0.25) is 4.79 Å². The van der Waals surface area contributed by atoms with Gasteiger partial charge in [0.1, 0.15) is 5.52 Å². The van der Waals surface area contributed by atoms with Gasteiger partial charge in [-0.2, -0.15) is 5.26 Å². The highest BCUT2D eigenvalue weighted by Crippen LogP contribution is 2.27. The van der Waals surface area contributed by atoms with Gasteiger partial charge in [-0.05, 0) is 43.3 Å². The Morgan fingerprint density at radius 3 is 2.70 bits per heavy atom. The normalized spacial score (nSPS) is 11.8. The quantitative estimate of drug-likeness (QED) is 0.738. The molecule has 0 saturated heterocycles. The fourth-order valence-electron chi connectivity index (χ4n) is 1.98. The van der Waals surface area contributed by atoms with Gasteiger partial charge in [-0.15, -0.1) is 0 Å². The Morgan fingerprint density at radius 2 is 2.00 bits per heavy atom. The van der Waals surface area contributed by atoms with E-state index in [-0.39, 0.29) is 11.2 Å². The van der Waals surface area contributed by atoms with Crippen molar-refractivity contribution in [2.24, 2.45) is 0 Å². The second-order valence-corrected chi connectivity index (χ2v) is 6.18. The number of thioether (sulfide) groups is 1. The van der Waals surface area contributed by atoms with Crippen molar-refractivity contribution in [3.8, 4) is 6.07 Å². The average molecular weight is 323 g/mol. The van der Waals surface area contributed by atoms with Gasteiger partial charge in [0.25, 0.3) is 5.22 Å². The lowest BCUT2D eigenvalue weighted by Gasteiger charge is -2.09. The molecule has 0 aliphatic rings. The number of rotatable bonds is 4. The number of aromatic nitrogens is 1. The molecular weight excluding hydrogens is 310 g/mol. The number of nitriles is 1. The molecule has 2 aromatic carbocycles. The van der Waals surface area contributed by atoms with Crippen LogP contribution in [0.2, 0.25) is 0 Å². The summed E-state index contributed by atoms with van der Waals surface area (Å²) in [6.07, 6.45) is 0. The summed E-state index contributed by atoms with van der Waals surface area (Å²) in [7, 11) is 0. The number of nitrogens with zero attached hydrogens (tertiary/aromatic N) is 2. The Bertz CT molecular complexity index is 848. The van der Waals surface area contributed by atoms with Crippen LogP contribution in [0.25, 0.3) is 11.1 Å². The molecule has 0 bridgehead atoms. The molecule has 3 aromatic rings. The summed E-state index contributed by atoms with van der Waals surface area (Å²) >= 11 is 1.26. The predicted octanol–water partition coefficient (Wildman–Crippen LogP) is 3.82. The van der Waals surface area contributed by atoms with Crippen molar-refractivity contribution in [1.29, 1.82) is 5.26 Å². The molecule has 0 spiro atoms. The largest absolute Gasteiger partial charge is 0.431 e. The van der Waals surface area contributed by atoms with E-state index in [1.165, 1.54) is 11.8 Å². The summed E-state index contributed by atoms with van der Waals surface area (Å²) < 4.78 is 5.61. The van der Waals surface area contributed by atoms with E-state index in [0.29, 0.717) is 22.1 Å². The van der Waals surface area contributed by atoms with E-state index in [1.807, 2.05) is 30.3 Å². The highest BCUT2D eigenvalue weighted by atomic mass is 32.2. The van der Waals surface area contributed by atoms with Crippen LogP contribution in [0.4, 0.5) is 5.69 Å². The van der Waals surface area contributed by atoms with Crippen LogP contribution in [0.1, 0.15) is 12.5 Å². The fourth-order valence-corrected chi connectivity index (χ4v) is 2.74. The van der Waals surface area contributed by atoms with Crippen LogP contribution in [-0.2, 0) is 4.79 Å². The highest BCUT2D eigenvalue weighted by Gasteiger charge is 2.18. The summed E-state index contributed by atoms with van der Waals surface area (Å²) in [5.41, 5.74) is 2.68. The molecule has 0 radical (unpaired) electrons. The van der Waals surface area contributed by atoms with Crippen LogP contribution in [0.15, 0.2) is 58.2 Å². The van der Waals surface area contributed by atoms with Crippen molar-refractivity contribution in [2.45, 2.75) is 17.4 Å². The van der Waals surface area contributed by atoms with Gasteiger partial charge in [-0.1, -0.05) is 23.9 Å². The van der Waals surface area contributed by atoms with Crippen LogP contribution >= 0.6 is 11.8 Å². The molecule has 5 nitrogen and oxygen atoms in total. The van der Waals surface area contributed by atoms with Crippen molar-refractivity contribution >= 4 is 34.5 Å². The number of oxazole rings is 1.